The number of aryl methyl sites for hydroxylation is 1. The SMILES string of the molecule is Cc1ccc(C(=O)P(=O)(O)OCC2CCCC2)cc1. The standard InChI is InChI=1S/C14H19O4P/c1-11-6-8-13(9-7-11)14(15)19(16,17)18-10-12-4-2-3-5-12/h6-9,12H,2-5,10H2,1H3,(H,16,17). The Balaban J connectivity index is 1.99. The normalized spacial score (nSPS) is 19.3. The molecule has 0 saturated heterocycles. The fourth-order valence-corrected chi connectivity index (χ4v) is 3.31. The van der Waals surface area contributed by atoms with Gasteiger partial charge < -0.3 is 9.42 Å². The monoisotopic (exact) mass is 282 g/mol. The van der Waals surface area contributed by atoms with E-state index in [2.05, 4.69) is 0 Å². The molecule has 0 aliphatic heterocycles. The van der Waals surface area contributed by atoms with Crippen LogP contribution in [0.1, 0.15) is 41.6 Å². The van der Waals surface area contributed by atoms with Gasteiger partial charge in [0.2, 0.25) is 0 Å². The summed E-state index contributed by atoms with van der Waals surface area (Å²) in [5.41, 5.74) is 0.407. The fourth-order valence-electron chi connectivity index (χ4n) is 2.30. The van der Waals surface area contributed by atoms with E-state index in [1.165, 1.54) is 0 Å². The lowest BCUT2D eigenvalue weighted by atomic mass is 10.1. The maximum absolute atomic E-state index is 11.9. The number of hydrogen-bond donors (Lipinski definition) is 1. The zero-order valence-corrected chi connectivity index (χ0v) is 11.9. The van der Waals surface area contributed by atoms with Crippen molar-refractivity contribution in [2.75, 3.05) is 6.61 Å². The van der Waals surface area contributed by atoms with E-state index in [-0.39, 0.29) is 12.2 Å². The van der Waals surface area contributed by atoms with E-state index in [0.717, 1.165) is 31.2 Å². The van der Waals surface area contributed by atoms with Gasteiger partial charge in [0.05, 0.1) is 6.61 Å². The van der Waals surface area contributed by atoms with Crippen molar-refractivity contribution in [2.45, 2.75) is 32.6 Å². The van der Waals surface area contributed by atoms with Crippen LogP contribution in [0.2, 0.25) is 0 Å². The number of carbonyl (C=O) groups excluding carboxylic acids is 1. The van der Waals surface area contributed by atoms with Crippen molar-refractivity contribution in [3.05, 3.63) is 35.4 Å². The summed E-state index contributed by atoms with van der Waals surface area (Å²) in [6.45, 7) is 2.09. The highest BCUT2D eigenvalue weighted by Gasteiger charge is 2.33. The largest absolute Gasteiger partial charge is 0.399 e. The topological polar surface area (TPSA) is 63.6 Å². The zero-order chi connectivity index (χ0) is 13.9. The highest BCUT2D eigenvalue weighted by Crippen LogP contribution is 2.46. The molecule has 1 aromatic rings. The van der Waals surface area contributed by atoms with E-state index < -0.39 is 13.1 Å². The van der Waals surface area contributed by atoms with E-state index in [1.54, 1.807) is 24.3 Å². The number of hydrogen-bond acceptors (Lipinski definition) is 3. The van der Waals surface area contributed by atoms with Crippen molar-refractivity contribution in [1.29, 1.82) is 0 Å². The maximum Gasteiger partial charge on any atom is 0.399 e. The first-order valence-corrected chi connectivity index (χ1v) is 8.16. The van der Waals surface area contributed by atoms with Gasteiger partial charge in [-0.15, -0.1) is 0 Å². The minimum absolute atomic E-state index is 0.200. The van der Waals surface area contributed by atoms with Gasteiger partial charge in [0, 0.05) is 5.56 Å². The number of benzene rings is 1. The molecule has 19 heavy (non-hydrogen) atoms. The first-order valence-electron chi connectivity index (χ1n) is 6.58. The average molecular weight is 282 g/mol. The minimum atomic E-state index is -4.21. The molecule has 1 aromatic carbocycles. The smallest absolute Gasteiger partial charge is 0.319 e. The molecule has 0 radical (unpaired) electrons. The fraction of sp³-hybridized carbons (Fsp3) is 0.500. The van der Waals surface area contributed by atoms with Crippen LogP contribution >= 0.6 is 7.60 Å². The van der Waals surface area contributed by atoms with Gasteiger partial charge in [-0.1, -0.05) is 42.7 Å². The van der Waals surface area contributed by atoms with Crippen LogP contribution < -0.4 is 0 Å². The molecule has 1 saturated carbocycles. The Kier molecular flexibility index (Phi) is 4.56. The van der Waals surface area contributed by atoms with Crippen LogP contribution in [0.25, 0.3) is 0 Å². The van der Waals surface area contributed by atoms with Crippen LogP contribution in [0.5, 0.6) is 0 Å². The molecule has 1 aliphatic carbocycles. The summed E-state index contributed by atoms with van der Waals surface area (Å²) < 4.78 is 17.0. The van der Waals surface area contributed by atoms with E-state index >= 15 is 0 Å². The van der Waals surface area contributed by atoms with Gasteiger partial charge in [0.1, 0.15) is 0 Å². The summed E-state index contributed by atoms with van der Waals surface area (Å²) in [5.74, 6) is 0.311. The molecular weight excluding hydrogens is 263 g/mol. The zero-order valence-electron chi connectivity index (χ0n) is 11.0. The van der Waals surface area contributed by atoms with Crippen LogP contribution in [-0.2, 0) is 9.09 Å². The maximum atomic E-state index is 11.9. The molecule has 104 valence electrons. The van der Waals surface area contributed by atoms with Gasteiger partial charge in [-0.05, 0) is 25.7 Å². The quantitative estimate of drug-likeness (QED) is 0.839. The van der Waals surface area contributed by atoms with E-state index in [4.69, 9.17) is 4.52 Å². The predicted octanol–water partition coefficient (Wildman–Crippen LogP) is 3.53. The van der Waals surface area contributed by atoms with Crippen molar-refractivity contribution >= 4 is 13.1 Å². The van der Waals surface area contributed by atoms with Gasteiger partial charge in [-0.3, -0.25) is 9.36 Å². The minimum Gasteiger partial charge on any atom is -0.319 e. The van der Waals surface area contributed by atoms with E-state index in [1.807, 2.05) is 6.92 Å². The van der Waals surface area contributed by atoms with Gasteiger partial charge in [-0.25, -0.2) is 0 Å². The van der Waals surface area contributed by atoms with Crippen LogP contribution in [0.15, 0.2) is 24.3 Å². The van der Waals surface area contributed by atoms with Crippen molar-refractivity contribution in [3.8, 4) is 0 Å². The Morgan fingerprint density at radius 2 is 1.89 bits per heavy atom. The van der Waals surface area contributed by atoms with Gasteiger partial charge in [-0.2, -0.15) is 0 Å². The molecule has 4 nitrogen and oxygen atoms in total. The summed E-state index contributed by atoms with van der Waals surface area (Å²) in [4.78, 5) is 21.7. The van der Waals surface area contributed by atoms with E-state index in [9.17, 15) is 14.3 Å². The predicted molar refractivity (Wildman–Crippen MR) is 73.2 cm³/mol. The molecular formula is C14H19O4P. The summed E-state index contributed by atoms with van der Waals surface area (Å²) >= 11 is 0. The first kappa shape index (κ1) is 14.4. The summed E-state index contributed by atoms with van der Waals surface area (Å²) in [6, 6.07) is 6.59. The van der Waals surface area contributed by atoms with Crippen molar-refractivity contribution < 1.29 is 18.8 Å². The molecule has 0 heterocycles. The third kappa shape index (κ3) is 3.75. The van der Waals surface area contributed by atoms with Gasteiger partial charge in [0.25, 0.3) is 5.52 Å². The second-order valence-electron chi connectivity index (χ2n) is 5.14. The molecule has 1 unspecified atom stereocenters. The molecule has 1 N–H and O–H groups in total. The average Bonchev–Trinajstić information content (AvgIpc) is 2.90. The highest BCUT2D eigenvalue weighted by atomic mass is 31.2. The summed E-state index contributed by atoms with van der Waals surface area (Å²) in [6.07, 6.45) is 4.29. The Morgan fingerprint density at radius 3 is 2.47 bits per heavy atom. The molecule has 0 spiro atoms. The lowest BCUT2D eigenvalue weighted by molar-refractivity contribution is 0.101. The lowest BCUT2D eigenvalue weighted by Crippen LogP contribution is -2.09. The van der Waals surface area contributed by atoms with Crippen molar-refractivity contribution in [3.63, 3.8) is 0 Å². The number of carbonyl (C=O) groups is 1. The Bertz CT molecular complexity index is 489. The number of rotatable bonds is 5. The van der Waals surface area contributed by atoms with Crippen LogP contribution in [0.4, 0.5) is 0 Å². The molecule has 5 heteroatoms. The second-order valence-corrected chi connectivity index (χ2v) is 6.84. The molecule has 1 aliphatic rings. The molecule has 1 atom stereocenters. The summed E-state index contributed by atoms with van der Waals surface area (Å²) in [5, 5.41) is 0. The Morgan fingerprint density at radius 1 is 1.32 bits per heavy atom. The van der Waals surface area contributed by atoms with E-state index in [0.29, 0.717) is 5.92 Å². The Labute approximate surface area is 113 Å². The first-order chi connectivity index (χ1) is 8.99. The molecule has 1 fully saturated rings. The van der Waals surface area contributed by atoms with Crippen LogP contribution in [0.3, 0.4) is 0 Å². The van der Waals surface area contributed by atoms with Gasteiger partial charge in [0.15, 0.2) is 0 Å². The highest BCUT2D eigenvalue weighted by molar-refractivity contribution is 7.71. The van der Waals surface area contributed by atoms with Crippen molar-refractivity contribution in [2.24, 2.45) is 5.92 Å². The third-order valence-electron chi connectivity index (χ3n) is 3.52. The molecule has 0 amide bonds. The molecule has 2 rings (SSSR count). The lowest BCUT2D eigenvalue weighted by Gasteiger charge is -2.14. The van der Waals surface area contributed by atoms with Crippen LogP contribution in [-0.4, -0.2) is 17.0 Å². The third-order valence-corrected chi connectivity index (χ3v) is 4.79. The van der Waals surface area contributed by atoms with Crippen molar-refractivity contribution in [1.82, 2.24) is 0 Å². The molecule has 0 bridgehead atoms. The Hall–Kier alpha value is -0.960. The molecule has 0 aromatic heterocycles. The van der Waals surface area contributed by atoms with Crippen LogP contribution in [0, 0.1) is 12.8 Å². The summed E-state index contributed by atoms with van der Waals surface area (Å²) in [7, 11) is -4.21. The second kappa shape index (κ2) is 6.00. The van der Waals surface area contributed by atoms with Gasteiger partial charge >= 0.3 is 7.60 Å².